The monoisotopic (exact) mass is 256 g/mol. The van der Waals surface area contributed by atoms with E-state index in [1.807, 2.05) is 26.2 Å². The van der Waals surface area contributed by atoms with Crippen molar-refractivity contribution in [2.45, 2.75) is 26.7 Å². The second-order valence-electron chi connectivity index (χ2n) is 4.19. The van der Waals surface area contributed by atoms with Crippen molar-refractivity contribution in [2.24, 2.45) is 0 Å². The van der Waals surface area contributed by atoms with Crippen LogP contribution in [0.1, 0.15) is 30.5 Å². The molecule has 1 aromatic heterocycles. The van der Waals surface area contributed by atoms with Crippen molar-refractivity contribution in [1.29, 1.82) is 10.5 Å². The van der Waals surface area contributed by atoms with E-state index in [2.05, 4.69) is 22.4 Å². The molecule has 1 aliphatic rings. The van der Waals surface area contributed by atoms with Crippen molar-refractivity contribution < 1.29 is 0 Å². The molecule has 4 nitrogen and oxygen atoms in total. The smallest absolute Gasteiger partial charge is 0.106 e. The highest BCUT2D eigenvalue weighted by molar-refractivity contribution is 7.09. The van der Waals surface area contributed by atoms with Gasteiger partial charge in [0.1, 0.15) is 5.01 Å². The molecule has 0 aromatic carbocycles. The van der Waals surface area contributed by atoms with Crippen molar-refractivity contribution in [1.82, 2.24) is 10.3 Å². The third-order valence-corrected chi connectivity index (χ3v) is 3.91. The van der Waals surface area contributed by atoms with Crippen molar-refractivity contribution >= 4 is 11.3 Å². The Kier molecular flexibility index (Phi) is 3.18. The Morgan fingerprint density at radius 3 is 2.11 bits per heavy atom. The molecule has 0 radical (unpaired) electrons. The minimum absolute atomic E-state index is 0.319. The molecular formula is C13H12N4S. The van der Waals surface area contributed by atoms with E-state index in [4.69, 9.17) is 0 Å². The first-order chi connectivity index (χ1) is 8.58. The van der Waals surface area contributed by atoms with E-state index >= 15 is 0 Å². The van der Waals surface area contributed by atoms with E-state index in [0.29, 0.717) is 11.1 Å². The van der Waals surface area contributed by atoms with Crippen molar-refractivity contribution in [3.8, 4) is 12.1 Å². The number of hydrogen-bond acceptors (Lipinski definition) is 5. The van der Waals surface area contributed by atoms with Crippen LogP contribution < -0.4 is 5.32 Å². The zero-order chi connectivity index (χ0) is 13.3. The quantitative estimate of drug-likeness (QED) is 0.838. The number of aryl methyl sites for hydroxylation is 1. The molecule has 90 valence electrons. The number of nitriles is 2. The Bertz CT molecular complexity index is 601. The molecule has 1 aliphatic heterocycles. The molecule has 0 atom stereocenters. The number of thiazole rings is 1. The summed E-state index contributed by atoms with van der Waals surface area (Å²) in [6.45, 7) is 5.61. The molecule has 0 amide bonds. The second kappa shape index (κ2) is 4.64. The summed E-state index contributed by atoms with van der Waals surface area (Å²) in [6, 6.07) is 4.39. The Balaban J connectivity index is 2.61. The van der Waals surface area contributed by atoms with Gasteiger partial charge in [-0.25, -0.2) is 4.98 Å². The summed E-state index contributed by atoms with van der Waals surface area (Å²) in [5.74, 6) is -0.319. The summed E-state index contributed by atoms with van der Waals surface area (Å²) in [5, 5.41) is 24.4. The van der Waals surface area contributed by atoms with Gasteiger partial charge in [0.05, 0.1) is 29.2 Å². The van der Waals surface area contributed by atoms with Gasteiger partial charge in [0, 0.05) is 22.5 Å². The minimum Gasteiger partial charge on any atom is -0.361 e. The van der Waals surface area contributed by atoms with Crippen LogP contribution in [0.3, 0.4) is 0 Å². The maximum Gasteiger partial charge on any atom is 0.106 e. The lowest BCUT2D eigenvalue weighted by Gasteiger charge is -2.24. The SMILES string of the molecule is CC1=C(C#N)C(c2nc(C)cs2)C(C#N)=C(C)N1. The first-order valence-electron chi connectivity index (χ1n) is 5.49. The van der Waals surface area contributed by atoms with E-state index < -0.39 is 0 Å². The fourth-order valence-electron chi connectivity index (χ4n) is 2.04. The number of aromatic nitrogens is 1. The zero-order valence-corrected chi connectivity index (χ0v) is 11.2. The number of nitrogens with one attached hydrogen (secondary N) is 1. The van der Waals surface area contributed by atoms with Crippen molar-refractivity contribution in [3.05, 3.63) is 38.6 Å². The summed E-state index contributed by atoms with van der Waals surface area (Å²) in [6.07, 6.45) is 0. The highest BCUT2D eigenvalue weighted by Gasteiger charge is 2.31. The maximum atomic E-state index is 9.30. The van der Waals surface area contributed by atoms with Gasteiger partial charge in [0.25, 0.3) is 0 Å². The lowest BCUT2D eigenvalue weighted by Crippen LogP contribution is -2.23. The van der Waals surface area contributed by atoms with Crippen LogP contribution in [0, 0.1) is 29.6 Å². The maximum absolute atomic E-state index is 9.30. The standard InChI is InChI=1S/C13H12N4S/c1-7-6-18-13(16-7)12-10(4-14)8(2)17-9(3)11(12)5-15/h6,12,17H,1-3H3. The van der Waals surface area contributed by atoms with Gasteiger partial charge in [0.15, 0.2) is 0 Å². The molecular weight excluding hydrogens is 244 g/mol. The van der Waals surface area contributed by atoms with E-state index in [1.165, 1.54) is 11.3 Å². The molecule has 0 aliphatic carbocycles. The number of allylic oxidation sites excluding steroid dienone is 4. The van der Waals surface area contributed by atoms with Gasteiger partial charge < -0.3 is 5.32 Å². The highest BCUT2D eigenvalue weighted by atomic mass is 32.1. The summed E-state index contributed by atoms with van der Waals surface area (Å²) in [7, 11) is 0. The largest absolute Gasteiger partial charge is 0.361 e. The fourth-order valence-corrected chi connectivity index (χ4v) is 2.95. The van der Waals surface area contributed by atoms with Crippen LogP contribution in [-0.4, -0.2) is 4.98 Å². The van der Waals surface area contributed by atoms with Gasteiger partial charge in [-0.15, -0.1) is 11.3 Å². The summed E-state index contributed by atoms with van der Waals surface area (Å²) in [4.78, 5) is 4.42. The Morgan fingerprint density at radius 2 is 1.72 bits per heavy atom. The number of nitrogens with zero attached hydrogens (tertiary/aromatic N) is 3. The number of rotatable bonds is 1. The predicted molar refractivity (Wildman–Crippen MR) is 69.4 cm³/mol. The molecule has 0 spiro atoms. The Hall–Kier alpha value is -2.11. The first kappa shape index (κ1) is 12.3. The highest BCUT2D eigenvalue weighted by Crippen LogP contribution is 2.38. The van der Waals surface area contributed by atoms with E-state index in [9.17, 15) is 10.5 Å². The molecule has 0 bridgehead atoms. The second-order valence-corrected chi connectivity index (χ2v) is 5.08. The van der Waals surface area contributed by atoms with Crippen LogP contribution >= 0.6 is 11.3 Å². The van der Waals surface area contributed by atoms with Crippen molar-refractivity contribution in [3.63, 3.8) is 0 Å². The molecule has 5 heteroatoms. The van der Waals surface area contributed by atoms with Crippen LogP contribution in [-0.2, 0) is 0 Å². The van der Waals surface area contributed by atoms with Crippen LogP contribution in [0.2, 0.25) is 0 Å². The number of dihydropyridines is 1. The van der Waals surface area contributed by atoms with Crippen LogP contribution in [0.15, 0.2) is 27.9 Å². The van der Waals surface area contributed by atoms with Gasteiger partial charge in [-0.2, -0.15) is 10.5 Å². The van der Waals surface area contributed by atoms with Crippen LogP contribution in [0.5, 0.6) is 0 Å². The van der Waals surface area contributed by atoms with Crippen molar-refractivity contribution in [2.75, 3.05) is 0 Å². The zero-order valence-electron chi connectivity index (χ0n) is 10.4. The molecule has 0 unspecified atom stereocenters. The van der Waals surface area contributed by atoms with Gasteiger partial charge >= 0.3 is 0 Å². The molecule has 18 heavy (non-hydrogen) atoms. The van der Waals surface area contributed by atoms with Gasteiger partial charge in [-0.1, -0.05) is 0 Å². The van der Waals surface area contributed by atoms with Crippen LogP contribution in [0.25, 0.3) is 0 Å². The van der Waals surface area contributed by atoms with E-state index in [-0.39, 0.29) is 5.92 Å². The molecule has 0 saturated heterocycles. The van der Waals surface area contributed by atoms with Gasteiger partial charge in [-0.05, 0) is 20.8 Å². The average molecular weight is 256 g/mol. The summed E-state index contributed by atoms with van der Waals surface area (Å²) in [5.41, 5.74) is 3.66. The third-order valence-electron chi connectivity index (χ3n) is 2.88. The first-order valence-corrected chi connectivity index (χ1v) is 6.37. The summed E-state index contributed by atoms with van der Waals surface area (Å²) >= 11 is 1.49. The lowest BCUT2D eigenvalue weighted by molar-refractivity contribution is 0.807. The molecule has 0 saturated carbocycles. The molecule has 2 heterocycles. The molecule has 1 aromatic rings. The number of hydrogen-bond donors (Lipinski definition) is 1. The molecule has 1 N–H and O–H groups in total. The van der Waals surface area contributed by atoms with E-state index in [0.717, 1.165) is 22.1 Å². The third kappa shape index (κ3) is 1.90. The lowest BCUT2D eigenvalue weighted by atomic mass is 9.87. The molecule has 0 fully saturated rings. The van der Waals surface area contributed by atoms with E-state index in [1.54, 1.807) is 0 Å². The van der Waals surface area contributed by atoms with Gasteiger partial charge in [-0.3, -0.25) is 0 Å². The Morgan fingerprint density at radius 1 is 1.17 bits per heavy atom. The van der Waals surface area contributed by atoms with Gasteiger partial charge in [0.2, 0.25) is 0 Å². The van der Waals surface area contributed by atoms with Crippen LogP contribution in [0.4, 0.5) is 0 Å². The fraction of sp³-hybridized carbons (Fsp3) is 0.308. The summed E-state index contributed by atoms with van der Waals surface area (Å²) < 4.78 is 0. The molecule has 2 rings (SSSR count). The normalized spacial score (nSPS) is 16.3. The Labute approximate surface area is 110 Å². The predicted octanol–water partition coefficient (Wildman–Crippen LogP) is 2.73. The minimum atomic E-state index is -0.319. The average Bonchev–Trinajstić information content (AvgIpc) is 2.74. The topological polar surface area (TPSA) is 72.5 Å².